The number of methoxy groups -OCH3 is 1. The number of aromatic nitrogens is 1. The van der Waals surface area contributed by atoms with E-state index < -0.39 is 12.0 Å². The average molecular weight is 550 g/mol. The third-order valence-corrected chi connectivity index (χ3v) is 7.62. The van der Waals surface area contributed by atoms with Gasteiger partial charge in [0, 0.05) is 18.8 Å². The van der Waals surface area contributed by atoms with Gasteiger partial charge in [-0.05, 0) is 76.1 Å². The predicted octanol–water partition coefficient (Wildman–Crippen LogP) is 4.05. The maximum atomic E-state index is 13.9. The maximum Gasteiger partial charge on any atom is 0.338 e. The Morgan fingerprint density at radius 1 is 1.05 bits per heavy atom. The molecular formula is C30H35N3O5S. The summed E-state index contributed by atoms with van der Waals surface area (Å²) in [5.74, 6) is 0.601. The Hall–Kier alpha value is -3.85. The van der Waals surface area contributed by atoms with Crippen molar-refractivity contribution in [3.05, 3.63) is 84.5 Å². The number of anilines is 1. The van der Waals surface area contributed by atoms with Crippen molar-refractivity contribution >= 4 is 29.1 Å². The van der Waals surface area contributed by atoms with Crippen LogP contribution >= 0.6 is 11.3 Å². The molecule has 39 heavy (non-hydrogen) atoms. The number of thiazole rings is 1. The second-order valence-electron chi connectivity index (χ2n) is 8.91. The van der Waals surface area contributed by atoms with E-state index >= 15 is 0 Å². The smallest absolute Gasteiger partial charge is 0.338 e. The Kier molecular flexibility index (Phi) is 8.91. The van der Waals surface area contributed by atoms with E-state index in [-0.39, 0.29) is 12.2 Å². The molecule has 0 radical (unpaired) electrons. The molecule has 8 nitrogen and oxygen atoms in total. The fourth-order valence-corrected chi connectivity index (χ4v) is 5.81. The van der Waals surface area contributed by atoms with Crippen LogP contribution in [0.25, 0.3) is 6.08 Å². The molecule has 0 spiro atoms. The lowest BCUT2D eigenvalue weighted by Gasteiger charge is -2.25. The van der Waals surface area contributed by atoms with Crippen molar-refractivity contribution in [1.82, 2.24) is 4.57 Å². The minimum atomic E-state index is -0.724. The highest BCUT2D eigenvalue weighted by atomic mass is 32.1. The monoisotopic (exact) mass is 549 g/mol. The van der Waals surface area contributed by atoms with Crippen LogP contribution in [0.5, 0.6) is 11.5 Å². The molecule has 3 aromatic rings. The minimum Gasteiger partial charge on any atom is -0.493 e. The lowest BCUT2D eigenvalue weighted by Crippen LogP contribution is -2.40. The topological polar surface area (TPSA) is 82.4 Å². The van der Waals surface area contributed by atoms with Crippen molar-refractivity contribution in [2.75, 3.05) is 38.3 Å². The van der Waals surface area contributed by atoms with E-state index in [4.69, 9.17) is 14.2 Å². The maximum absolute atomic E-state index is 13.9. The van der Waals surface area contributed by atoms with Crippen molar-refractivity contribution in [2.24, 2.45) is 4.99 Å². The molecule has 0 unspecified atom stereocenters. The number of ether oxygens (including phenoxy) is 3. The molecule has 206 valence electrons. The molecule has 9 heteroatoms. The molecule has 1 aromatic heterocycles. The SMILES string of the molecule is CCOC(=O)C1=C(C)N=c2s/c(=C\c3ccc(N(CC)CC)cc3)c(=O)n2[C@H]1c1ccc(OC)c(OCC)c1. The van der Waals surface area contributed by atoms with Crippen LogP contribution in [0.15, 0.2) is 63.5 Å². The molecule has 0 amide bonds. The molecule has 1 atom stereocenters. The number of benzene rings is 2. The number of fused-ring (bicyclic) bond motifs is 1. The quantitative estimate of drug-likeness (QED) is 0.355. The van der Waals surface area contributed by atoms with E-state index in [2.05, 4.69) is 35.9 Å². The zero-order valence-electron chi connectivity index (χ0n) is 23.3. The Bertz CT molecular complexity index is 1550. The molecule has 0 N–H and O–H groups in total. The van der Waals surface area contributed by atoms with Gasteiger partial charge in [0.2, 0.25) is 0 Å². The second-order valence-corrected chi connectivity index (χ2v) is 9.92. The largest absolute Gasteiger partial charge is 0.493 e. The van der Waals surface area contributed by atoms with E-state index in [0.29, 0.717) is 44.3 Å². The molecule has 2 heterocycles. The van der Waals surface area contributed by atoms with Gasteiger partial charge in [-0.1, -0.05) is 29.5 Å². The van der Waals surface area contributed by atoms with Gasteiger partial charge in [-0.3, -0.25) is 9.36 Å². The Morgan fingerprint density at radius 3 is 2.38 bits per heavy atom. The van der Waals surface area contributed by atoms with Gasteiger partial charge in [-0.2, -0.15) is 0 Å². The number of hydrogen-bond donors (Lipinski definition) is 0. The zero-order chi connectivity index (χ0) is 28.1. The first-order valence-electron chi connectivity index (χ1n) is 13.2. The molecule has 1 aliphatic heterocycles. The minimum absolute atomic E-state index is 0.211. The summed E-state index contributed by atoms with van der Waals surface area (Å²) in [4.78, 5) is 34.5. The van der Waals surface area contributed by atoms with Crippen LogP contribution < -0.4 is 29.3 Å². The summed E-state index contributed by atoms with van der Waals surface area (Å²) in [6, 6.07) is 12.9. The number of esters is 1. The number of carbonyl (C=O) groups is 1. The van der Waals surface area contributed by atoms with Crippen LogP contribution in [0, 0.1) is 0 Å². The number of allylic oxidation sites excluding steroid dienone is 1. The first-order valence-corrected chi connectivity index (χ1v) is 14.0. The highest BCUT2D eigenvalue weighted by Gasteiger charge is 2.34. The van der Waals surface area contributed by atoms with Gasteiger partial charge in [0.1, 0.15) is 0 Å². The number of rotatable bonds is 10. The fraction of sp³-hybridized carbons (Fsp3) is 0.367. The Morgan fingerprint density at radius 2 is 1.77 bits per heavy atom. The molecule has 0 bridgehead atoms. The van der Waals surface area contributed by atoms with Gasteiger partial charge in [0.15, 0.2) is 16.3 Å². The molecule has 0 fully saturated rings. The highest BCUT2D eigenvalue weighted by Crippen LogP contribution is 2.36. The number of carbonyl (C=O) groups excluding carboxylic acids is 1. The van der Waals surface area contributed by atoms with E-state index in [1.165, 1.54) is 11.3 Å². The highest BCUT2D eigenvalue weighted by molar-refractivity contribution is 7.07. The van der Waals surface area contributed by atoms with Crippen LogP contribution in [-0.4, -0.2) is 43.9 Å². The van der Waals surface area contributed by atoms with E-state index in [9.17, 15) is 9.59 Å². The van der Waals surface area contributed by atoms with Crippen LogP contribution in [0.3, 0.4) is 0 Å². The van der Waals surface area contributed by atoms with Gasteiger partial charge < -0.3 is 19.1 Å². The molecule has 1 aliphatic rings. The van der Waals surface area contributed by atoms with Gasteiger partial charge >= 0.3 is 5.97 Å². The Labute approximate surface area is 232 Å². The summed E-state index contributed by atoms with van der Waals surface area (Å²) in [5, 5.41) is 0. The molecule has 0 saturated carbocycles. The van der Waals surface area contributed by atoms with Crippen molar-refractivity contribution < 1.29 is 19.0 Å². The molecule has 2 aromatic carbocycles. The van der Waals surface area contributed by atoms with Crippen molar-refractivity contribution in [2.45, 2.75) is 40.7 Å². The van der Waals surface area contributed by atoms with Crippen molar-refractivity contribution in [3.8, 4) is 11.5 Å². The van der Waals surface area contributed by atoms with Gasteiger partial charge in [0.05, 0.1) is 42.2 Å². The molecule has 4 rings (SSSR count). The average Bonchev–Trinajstić information content (AvgIpc) is 3.23. The van der Waals surface area contributed by atoms with Crippen LogP contribution in [0.1, 0.15) is 51.8 Å². The van der Waals surface area contributed by atoms with Crippen molar-refractivity contribution in [3.63, 3.8) is 0 Å². The first-order chi connectivity index (χ1) is 18.9. The van der Waals surface area contributed by atoms with E-state index in [0.717, 1.165) is 24.3 Å². The van der Waals surface area contributed by atoms with Gasteiger partial charge in [0.25, 0.3) is 5.56 Å². The van der Waals surface area contributed by atoms with E-state index in [1.54, 1.807) is 31.6 Å². The normalized spacial score (nSPS) is 15.0. The summed E-state index contributed by atoms with van der Waals surface area (Å²) in [6.07, 6.45) is 1.87. The van der Waals surface area contributed by atoms with E-state index in [1.807, 2.05) is 37.3 Å². The van der Waals surface area contributed by atoms with Crippen LogP contribution in [0.2, 0.25) is 0 Å². The zero-order valence-corrected chi connectivity index (χ0v) is 24.1. The summed E-state index contributed by atoms with van der Waals surface area (Å²) in [6.45, 7) is 12.2. The lowest BCUT2D eigenvalue weighted by atomic mass is 9.95. The predicted molar refractivity (Wildman–Crippen MR) is 155 cm³/mol. The van der Waals surface area contributed by atoms with Gasteiger partial charge in [-0.25, -0.2) is 9.79 Å². The number of hydrogen-bond acceptors (Lipinski definition) is 8. The standard InChI is InChI=1S/C30H35N3O5S/c1-7-32(8-2)22-14-11-20(12-15-22)17-25-28(34)33-27(21-13-16-23(36-6)24(18-21)37-9-3)26(29(35)38-10-4)19(5)31-30(33)39-25/h11-18,27H,7-10H2,1-6H3/b25-17-/t27-/m0/s1. The summed E-state index contributed by atoms with van der Waals surface area (Å²) < 4.78 is 18.8. The summed E-state index contributed by atoms with van der Waals surface area (Å²) in [5.41, 5.74) is 3.37. The molecular weight excluding hydrogens is 514 g/mol. The van der Waals surface area contributed by atoms with Crippen LogP contribution in [0.4, 0.5) is 5.69 Å². The summed E-state index contributed by atoms with van der Waals surface area (Å²) >= 11 is 1.30. The number of nitrogens with zero attached hydrogens (tertiary/aromatic N) is 3. The first kappa shape index (κ1) is 28.2. The fourth-order valence-electron chi connectivity index (χ4n) is 4.76. The lowest BCUT2D eigenvalue weighted by molar-refractivity contribution is -0.139. The molecule has 0 saturated heterocycles. The third kappa shape index (κ3) is 5.63. The van der Waals surface area contributed by atoms with Gasteiger partial charge in [-0.15, -0.1) is 0 Å². The third-order valence-electron chi connectivity index (χ3n) is 6.64. The summed E-state index contributed by atoms with van der Waals surface area (Å²) in [7, 11) is 1.57. The molecule has 0 aliphatic carbocycles. The van der Waals surface area contributed by atoms with Crippen molar-refractivity contribution in [1.29, 1.82) is 0 Å². The second kappa shape index (κ2) is 12.3. The Balaban J connectivity index is 1.88. The van der Waals surface area contributed by atoms with Crippen LogP contribution in [-0.2, 0) is 9.53 Å².